The Morgan fingerprint density at radius 1 is 1.54 bits per heavy atom. The van der Waals surface area contributed by atoms with Crippen LogP contribution in [-0.2, 0) is 0 Å². The highest BCUT2D eigenvalue weighted by atomic mass is 32.1. The third kappa shape index (κ3) is 1.31. The predicted octanol–water partition coefficient (Wildman–Crippen LogP) is 1.24. The Bertz CT molecular complexity index is 460. The van der Waals surface area contributed by atoms with E-state index in [1.165, 1.54) is 15.9 Å². The normalized spacial score (nSPS) is 10.6. The van der Waals surface area contributed by atoms with Gasteiger partial charge in [0.05, 0.1) is 5.69 Å². The number of nitrogens with zero attached hydrogens (tertiary/aromatic N) is 2. The van der Waals surface area contributed by atoms with Crippen LogP contribution in [0.1, 0.15) is 10.6 Å². The Labute approximate surface area is 78.9 Å². The summed E-state index contributed by atoms with van der Waals surface area (Å²) in [6, 6.07) is 0. The molecule has 0 aliphatic carbocycles. The molecule has 2 rings (SSSR count). The highest BCUT2D eigenvalue weighted by Gasteiger charge is 2.06. The molecule has 0 saturated heterocycles. The molecule has 4 nitrogen and oxygen atoms in total. The summed E-state index contributed by atoms with van der Waals surface area (Å²) >= 11 is 1.52. The van der Waals surface area contributed by atoms with Gasteiger partial charge in [-0.1, -0.05) is 0 Å². The van der Waals surface area contributed by atoms with Gasteiger partial charge >= 0.3 is 5.69 Å². The van der Waals surface area contributed by atoms with Gasteiger partial charge in [0.1, 0.15) is 0 Å². The number of hydrogen-bond acceptors (Lipinski definition) is 3. The molecule has 0 fully saturated rings. The smallest absolute Gasteiger partial charge is 0.312 e. The number of rotatable bonds is 1. The number of aromatic nitrogens is 3. The molecule has 68 valence electrons. The maximum atomic E-state index is 11.2. The first-order valence-corrected chi connectivity index (χ1v) is 4.70. The van der Waals surface area contributed by atoms with Crippen molar-refractivity contribution >= 4 is 11.3 Å². The van der Waals surface area contributed by atoms with E-state index in [9.17, 15) is 4.79 Å². The van der Waals surface area contributed by atoms with Gasteiger partial charge in [-0.25, -0.2) is 14.3 Å². The van der Waals surface area contributed by atoms with E-state index in [1.807, 2.05) is 13.8 Å². The van der Waals surface area contributed by atoms with Gasteiger partial charge in [0.25, 0.3) is 0 Å². The molecule has 13 heavy (non-hydrogen) atoms. The molecule has 5 heteroatoms. The first kappa shape index (κ1) is 8.25. The van der Waals surface area contributed by atoms with Crippen LogP contribution < -0.4 is 5.69 Å². The summed E-state index contributed by atoms with van der Waals surface area (Å²) in [6.45, 7) is 3.93. The van der Waals surface area contributed by atoms with Crippen molar-refractivity contribution in [1.82, 2.24) is 14.5 Å². The van der Waals surface area contributed by atoms with Gasteiger partial charge in [0.2, 0.25) is 0 Å². The fourth-order valence-electron chi connectivity index (χ4n) is 1.03. The van der Waals surface area contributed by atoms with E-state index in [4.69, 9.17) is 0 Å². The number of H-pyrrole nitrogens is 1. The van der Waals surface area contributed by atoms with E-state index in [1.54, 1.807) is 12.4 Å². The van der Waals surface area contributed by atoms with Crippen molar-refractivity contribution in [3.63, 3.8) is 0 Å². The van der Waals surface area contributed by atoms with E-state index in [0.717, 1.165) is 15.7 Å². The molecule has 0 radical (unpaired) electrons. The van der Waals surface area contributed by atoms with Crippen LogP contribution in [0.5, 0.6) is 0 Å². The molecule has 0 bridgehead atoms. The van der Waals surface area contributed by atoms with Gasteiger partial charge in [-0.3, -0.25) is 0 Å². The lowest BCUT2D eigenvalue weighted by atomic mass is 10.4. The van der Waals surface area contributed by atoms with Crippen molar-refractivity contribution in [3.05, 3.63) is 33.4 Å². The molecule has 0 saturated carbocycles. The highest BCUT2D eigenvalue weighted by Crippen LogP contribution is 2.18. The van der Waals surface area contributed by atoms with Gasteiger partial charge in [0.15, 0.2) is 5.13 Å². The van der Waals surface area contributed by atoms with E-state index in [2.05, 4.69) is 9.97 Å². The lowest BCUT2D eigenvalue weighted by molar-refractivity contribution is 0.961. The topological polar surface area (TPSA) is 50.7 Å². The maximum Gasteiger partial charge on any atom is 0.331 e. The summed E-state index contributed by atoms with van der Waals surface area (Å²) in [5, 5.41) is 0.723. The quantitative estimate of drug-likeness (QED) is 0.744. The van der Waals surface area contributed by atoms with E-state index < -0.39 is 0 Å². The molecule has 1 N–H and O–H groups in total. The summed E-state index contributed by atoms with van der Waals surface area (Å²) in [6.07, 6.45) is 3.29. The summed E-state index contributed by atoms with van der Waals surface area (Å²) in [5.74, 6) is 0. The second-order valence-electron chi connectivity index (χ2n) is 2.77. The Morgan fingerprint density at radius 2 is 2.31 bits per heavy atom. The molecule has 2 heterocycles. The molecule has 0 spiro atoms. The average molecular weight is 195 g/mol. The SMILES string of the molecule is Cc1nc(-n2cc[nH]c2=O)sc1C. The van der Waals surface area contributed by atoms with Crippen LogP contribution in [0, 0.1) is 13.8 Å². The van der Waals surface area contributed by atoms with Crippen LogP contribution in [0.3, 0.4) is 0 Å². The van der Waals surface area contributed by atoms with E-state index in [-0.39, 0.29) is 5.69 Å². The zero-order valence-electron chi connectivity index (χ0n) is 7.37. The molecule has 0 aromatic carbocycles. The summed E-state index contributed by atoms with van der Waals surface area (Å²) in [7, 11) is 0. The Hall–Kier alpha value is -1.36. The molecule has 0 aliphatic heterocycles. The van der Waals surface area contributed by atoms with Crippen LogP contribution in [0.4, 0.5) is 0 Å². The number of nitrogens with one attached hydrogen (secondary N) is 1. The molecule has 0 atom stereocenters. The molecule has 2 aromatic heterocycles. The minimum absolute atomic E-state index is 0.145. The molecule has 0 unspecified atom stereocenters. The maximum absolute atomic E-state index is 11.2. The summed E-state index contributed by atoms with van der Waals surface area (Å²) in [4.78, 5) is 19.2. The van der Waals surface area contributed by atoms with Crippen molar-refractivity contribution < 1.29 is 0 Å². The third-order valence-corrected chi connectivity index (χ3v) is 2.94. The molecule has 2 aromatic rings. The molecular weight excluding hydrogens is 186 g/mol. The second-order valence-corrected chi connectivity index (χ2v) is 3.95. The Morgan fingerprint density at radius 3 is 2.77 bits per heavy atom. The van der Waals surface area contributed by atoms with Crippen LogP contribution >= 0.6 is 11.3 Å². The van der Waals surface area contributed by atoms with Crippen LogP contribution in [0.15, 0.2) is 17.2 Å². The van der Waals surface area contributed by atoms with Gasteiger partial charge in [-0.15, -0.1) is 11.3 Å². The van der Waals surface area contributed by atoms with Crippen molar-refractivity contribution in [2.24, 2.45) is 0 Å². The first-order chi connectivity index (χ1) is 6.18. The highest BCUT2D eigenvalue weighted by molar-refractivity contribution is 7.14. The largest absolute Gasteiger partial charge is 0.331 e. The van der Waals surface area contributed by atoms with Crippen molar-refractivity contribution in [1.29, 1.82) is 0 Å². The standard InChI is InChI=1S/C8H9N3OS/c1-5-6(2)13-8(10-5)11-4-3-9-7(11)12/h3-4H,1-2H3,(H,9,12). The minimum atomic E-state index is -0.145. The molecule has 0 amide bonds. The number of hydrogen-bond donors (Lipinski definition) is 1. The minimum Gasteiger partial charge on any atom is -0.312 e. The number of aromatic amines is 1. The zero-order chi connectivity index (χ0) is 9.42. The summed E-state index contributed by atoms with van der Waals surface area (Å²) < 4.78 is 1.50. The zero-order valence-corrected chi connectivity index (χ0v) is 8.18. The van der Waals surface area contributed by atoms with Gasteiger partial charge in [-0.05, 0) is 13.8 Å². The van der Waals surface area contributed by atoms with Crippen molar-refractivity contribution in [2.75, 3.05) is 0 Å². The second kappa shape index (κ2) is 2.85. The Balaban J connectivity index is 2.59. The van der Waals surface area contributed by atoms with Gasteiger partial charge < -0.3 is 4.98 Å². The van der Waals surface area contributed by atoms with Crippen LogP contribution in [0.25, 0.3) is 5.13 Å². The average Bonchev–Trinajstić information content (AvgIpc) is 2.60. The monoisotopic (exact) mass is 195 g/mol. The van der Waals surface area contributed by atoms with Crippen LogP contribution in [0.2, 0.25) is 0 Å². The van der Waals surface area contributed by atoms with E-state index in [0.29, 0.717) is 0 Å². The van der Waals surface area contributed by atoms with Gasteiger partial charge in [-0.2, -0.15) is 0 Å². The third-order valence-electron chi connectivity index (χ3n) is 1.87. The molecular formula is C8H9N3OS. The summed E-state index contributed by atoms with van der Waals surface area (Å²) in [5.41, 5.74) is 0.835. The first-order valence-electron chi connectivity index (χ1n) is 3.89. The predicted molar refractivity (Wildman–Crippen MR) is 51.5 cm³/mol. The van der Waals surface area contributed by atoms with Gasteiger partial charge in [0, 0.05) is 17.3 Å². The van der Waals surface area contributed by atoms with Crippen molar-refractivity contribution in [2.45, 2.75) is 13.8 Å². The lowest BCUT2D eigenvalue weighted by Crippen LogP contribution is -2.13. The molecule has 0 aliphatic rings. The van der Waals surface area contributed by atoms with Crippen molar-refractivity contribution in [3.8, 4) is 5.13 Å². The number of aryl methyl sites for hydroxylation is 2. The number of imidazole rings is 1. The fourth-order valence-corrected chi connectivity index (χ4v) is 1.92. The van der Waals surface area contributed by atoms with E-state index >= 15 is 0 Å². The van der Waals surface area contributed by atoms with Crippen LogP contribution in [-0.4, -0.2) is 14.5 Å². The fraction of sp³-hybridized carbons (Fsp3) is 0.250. The number of thiazole rings is 1. The Kier molecular flexibility index (Phi) is 1.81. The lowest BCUT2D eigenvalue weighted by Gasteiger charge is -1.90.